The van der Waals surface area contributed by atoms with E-state index in [4.69, 9.17) is 16.3 Å². The van der Waals surface area contributed by atoms with Crippen LogP contribution in [0.1, 0.15) is 38.5 Å². The Hall–Kier alpha value is 0.190. The SMILES string of the molecule is Clc1cn(CC2CCC3(CCCC3)O2)nc1I. The van der Waals surface area contributed by atoms with Gasteiger partial charge in [-0.1, -0.05) is 24.4 Å². The molecule has 2 aliphatic rings. The summed E-state index contributed by atoms with van der Waals surface area (Å²) in [6.07, 6.45) is 9.77. The number of aromatic nitrogens is 2. The molecule has 1 aliphatic carbocycles. The van der Waals surface area contributed by atoms with E-state index in [9.17, 15) is 0 Å². The van der Waals surface area contributed by atoms with Crippen molar-refractivity contribution >= 4 is 34.2 Å². The summed E-state index contributed by atoms with van der Waals surface area (Å²) in [5, 5.41) is 5.12. The van der Waals surface area contributed by atoms with Crippen LogP contribution in [0, 0.1) is 3.70 Å². The third-order valence-corrected chi connectivity index (χ3v) is 5.31. The fourth-order valence-electron chi connectivity index (χ4n) is 3.09. The van der Waals surface area contributed by atoms with Gasteiger partial charge in [-0.2, -0.15) is 5.10 Å². The predicted molar refractivity (Wildman–Crippen MR) is 75.3 cm³/mol. The van der Waals surface area contributed by atoms with Crippen molar-refractivity contribution in [2.75, 3.05) is 0 Å². The Morgan fingerprint density at radius 2 is 2.24 bits per heavy atom. The molecule has 2 heterocycles. The van der Waals surface area contributed by atoms with Crippen molar-refractivity contribution in [3.63, 3.8) is 0 Å². The molecular formula is C12H16ClIN2O. The van der Waals surface area contributed by atoms with Gasteiger partial charge in [-0.25, -0.2) is 0 Å². The van der Waals surface area contributed by atoms with Crippen molar-refractivity contribution in [3.8, 4) is 0 Å². The Bertz CT molecular complexity index is 395. The van der Waals surface area contributed by atoms with Gasteiger partial charge in [0.2, 0.25) is 0 Å². The quantitative estimate of drug-likeness (QED) is 0.747. The molecule has 2 fully saturated rings. The normalized spacial score (nSPS) is 27.1. The molecule has 1 atom stereocenters. The molecule has 0 aromatic carbocycles. The molecule has 0 bridgehead atoms. The molecule has 1 aromatic rings. The minimum atomic E-state index is 0.217. The Kier molecular flexibility index (Phi) is 3.38. The predicted octanol–water partition coefficient (Wildman–Crippen LogP) is 3.63. The molecule has 5 heteroatoms. The molecule has 3 rings (SSSR count). The molecule has 17 heavy (non-hydrogen) atoms. The minimum absolute atomic E-state index is 0.217. The average Bonchev–Trinajstić information content (AvgIpc) is 2.96. The molecule has 0 N–H and O–H groups in total. The molecule has 1 spiro atoms. The number of rotatable bonds is 2. The van der Waals surface area contributed by atoms with Gasteiger partial charge in [-0.05, 0) is 48.3 Å². The Balaban J connectivity index is 1.63. The van der Waals surface area contributed by atoms with E-state index in [1.165, 1.54) is 32.1 Å². The summed E-state index contributed by atoms with van der Waals surface area (Å²) in [6, 6.07) is 0. The van der Waals surface area contributed by atoms with Gasteiger partial charge in [0.25, 0.3) is 0 Å². The van der Waals surface area contributed by atoms with E-state index in [0.717, 1.165) is 21.7 Å². The maximum Gasteiger partial charge on any atom is 0.141 e. The molecule has 0 amide bonds. The second-order valence-corrected chi connectivity index (χ2v) is 6.59. The first-order valence-electron chi connectivity index (χ1n) is 6.23. The van der Waals surface area contributed by atoms with Crippen molar-refractivity contribution < 1.29 is 4.74 Å². The Morgan fingerprint density at radius 1 is 1.47 bits per heavy atom. The summed E-state index contributed by atoms with van der Waals surface area (Å²) in [5.41, 5.74) is 0.217. The molecule has 1 aliphatic heterocycles. The fourth-order valence-corrected chi connectivity index (χ4v) is 3.65. The highest BCUT2D eigenvalue weighted by Crippen LogP contribution is 2.43. The summed E-state index contributed by atoms with van der Waals surface area (Å²) in [7, 11) is 0. The standard InChI is InChI=1S/C12H16ClIN2O/c13-10-8-16(15-11(10)14)7-9-3-6-12(17-9)4-1-2-5-12/h8-9H,1-7H2. The monoisotopic (exact) mass is 366 g/mol. The number of hydrogen-bond donors (Lipinski definition) is 0. The highest BCUT2D eigenvalue weighted by Gasteiger charge is 2.42. The summed E-state index contributed by atoms with van der Waals surface area (Å²) in [6.45, 7) is 0.838. The Morgan fingerprint density at radius 3 is 2.88 bits per heavy atom. The van der Waals surface area contributed by atoms with Gasteiger partial charge in [0.05, 0.1) is 23.3 Å². The highest BCUT2D eigenvalue weighted by molar-refractivity contribution is 14.1. The first-order chi connectivity index (χ1) is 8.17. The first kappa shape index (κ1) is 12.2. The van der Waals surface area contributed by atoms with Crippen molar-refractivity contribution in [2.24, 2.45) is 0 Å². The van der Waals surface area contributed by atoms with Crippen LogP contribution < -0.4 is 0 Å². The van der Waals surface area contributed by atoms with Gasteiger partial charge in [-0.3, -0.25) is 4.68 Å². The molecular weight excluding hydrogens is 351 g/mol. The van der Waals surface area contributed by atoms with E-state index in [-0.39, 0.29) is 5.60 Å². The summed E-state index contributed by atoms with van der Waals surface area (Å²) in [5.74, 6) is 0. The third kappa shape index (κ3) is 2.49. The number of hydrogen-bond acceptors (Lipinski definition) is 2. The van der Waals surface area contributed by atoms with E-state index < -0.39 is 0 Å². The number of ether oxygens (including phenoxy) is 1. The van der Waals surface area contributed by atoms with E-state index in [2.05, 4.69) is 27.7 Å². The van der Waals surface area contributed by atoms with Crippen LogP contribution >= 0.6 is 34.2 Å². The lowest BCUT2D eigenvalue weighted by molar-refractivity contribution is -0.0429. The zero-order valence-corrected chi connectivity index (χ0v) is 12.6. The van der Waals surface area contributed by atoms with Gasteiger partial charge < -0.3 is 4.74 Å². The van der Waals surface area contributed by atoms with Crippen LogP contribution in [-0.2, 0) is 11.3 Å². The third-order valence-electron chi connectivity index (χ3n) is 3.92. The second-order valence-electron chi connectivity index (χ2n) is 5.16. The van der Waals surface area contributed by atoms with Crippen LogP contribution in [-0.4, -0.2) is 21.5 Å². The lowest BCUT2D eigenvalue weighted by Gasteiger charge is -2.23. The van der Waals surface area contributed by atoms with Crippen LogP contribution in [0.2, 0.25) is 5.02 Å². The van der Waals surface area contributed by atoms with Gasteiger partial charge in [0.1, 0.15) is 3.70 Å². The van der Waals surface area contributed by atoms with E-state index >= 15 is 0 Å². The van der Waals surface area contributed by atoms with Gasteiger partial charge in [0.15, 0.2) is 0 Å². The van der Waals surface area contributed by atoms with E-state index in [0.29, 0.717) is 6.10 Å². The Labute approximate surface area is 120 Å². The lowest BCUT2D eigenvalue weighted by atomic mass is 9.98. The van der Waals surface area contributed by atoms with Crippen molar-refractivity contribution in [1.82, 2.24) is 9.78 Å². The molecule has 1 aromatic heterocycles. The largest absolute Gasteiger partial charge is 0.370 e. The van der Waals surface area contributed by atoms with Crippen molar-refractivity contribution in [1.29, 1.82) is 0 Å². The number of halogens is 2. The van der Waals surface area contributed by atoms with Crippen molar-refractivity contribution in [2.45, 2.75) is 56.8 Å². The van der Waals surface area contributed by atoms with E-state index in [1.807, 2.05) is 10.9 Å². The van der Waals surface area contributed by atoms with Gasteiger partial charge in [0, 0.05) is 6.20 Å². The molecule has 1 saturated carbocycles. The lowest BCUT2D eigenvalue weighted by Crippen LogP contribution is -2.26. The smallest absolute Gasteiger partial charge is 0.141 e. The van der Waals surface area contributed by atoms with Crippen LogP contribution in [0.5, 0.6) is 0 Å². The van der Waals surface area contributed by atoms with Crippen LogP contribution in [0.15, 0.2) is 6.20 Å². The highest BCUT2D eigenvalue weighted by atomic mass is 127. The molecule has 0 radical (unpaired) electrons. The first-order valence-corrected chi connectivity index (χ1v) is 7.69. The maximum atomic E-state index is 6.26. The minimum Gasteiger partial charge on any atom is -0.370 e. The average molecular weight is 367 g/mol. The summed E-state index contributed by atoms with van der Waals surface area (Å²) >= 11 is 8.16. The van der Waals surface area contributed by atoms with Gasteiger partial charge in [-0.15, -0.1) is 0 Å². The van der Waals surface area contributed by atoms with Crippen LogP contribution in [0.4, 0.5) is 0 Å². The van der Waals surface area contributed by atoms with Crippen LogP contribution in [0.3, 0.4) is 0 Å². The summed E-state index contributed by atoms with van der Waals surface area (Å²) in [4.78, 5) is 0. The van der Waals surface area contributed by atoms with Crippen molar-refractivity contribution in [3.05, 3.63) is 14.9 Å². The zero-order chi connectivity index (χ0) is 11.9. The molecule has 1 unspecified atom stereocenters. The summed E-state index contributed by atoms with van der Waals surface area (Å²) < 4.78 is 9.05. The zero-order valence-electron chi connectivity index (χ0n) is 9.66. The molecule has 3 nitrogen and oxygen atoms in total. The maximum absolute atomic E-state index is 6.26. The molecule has 94 valence electrons. The van der Waals surface area contributed by atoms with Crippen LogP contribution in [0.25, 0.3) is 0 Å². The van der Waals surface area contributed by atoms with E-state index in [1.54, 1.807) is 0 Å². The topological polar surface area (TPSA) is 27.1 Å². The molecule has 1 saturated heterocycles. The number of nitrogens with zero attached hydrogens (tertiary/aromatic N) is 2. The second kappa shape index (κ2) is 4.70. The van der Waals surface area contributed by atoms with Gasteiger partial charge >= 0.3 is 0 Å². The fraction of sp³-hybridized carbons (Fsp3) is 0.750.